The van der Waals surface area contributed by atoms with E-state index in [4.69, 9.17) is 9.47 Å². The Balaban J connectivity index is 2.02. The van der Waals surface area contributed by atoms with Crippen molar-refractivity contribution in [3.63, 3.8) is 0 Å². The van der Waals surface area contributed by atoms with Crippen LogP contribution in [-0.2, 0) is 9.47 Å². The second-order valence-electron chi connectivity index (χ2n) is 4.23. The van der Waals surface area contributed by atoms with Crippen molar-refractivity contribution < 1.29 is 19.7 Å². The van der Waals surface area contributed by atoms with Gasteiger partial charge in [-0.05, 0) is 12.0 Å². The van der Waals surface area contributed by atoms with Crippen molar-refractivity contribution in [1.82, 2.24) is 0 Å². The third-order valence-electron chi connectivity index (χ3n) is 2.94. The van der Waals surface area contributed by atoms with Crippen LogP contribution in [0.5, 0.6) is 0 Å². The Bertz CT molecular complexity index is 362. The minimum atomic E-state index is -0.859. The summed E-state index contributed by atoms with van der Waals surface area (Å²) in [5.41, 5.74) is 1.63. The molecule has 2 atom stereocenters. The van der Waals surface area contributed by atoms with E-state index in [0.717, 1.165) is 5.56 Å². The van der Waals surface area contributed by atoms with Gasteiger partial charge in [-0.2, -0.15) is 0 Å². The molecular weight excluding hydrogens is 300 g/mol. The quantitative estimate of drug-likeness (QED) is 0.815. The van der Waals surface area contributed by atoms with Crippen LogP contribution in [0, 0.1) is 0 Å². The van der Waals surface area contributed by atoms with Gasteiger partial charge in [-0.15, -0.1) is 0 Å². The van der Waals surface area contributed by atoms with E-state index in [2.05, 4.69) is 15.9 Å². The van der Waals surface area contributed by atoms with Gasteiger partial charge in [0.25, 0.3) is 0 Å². The maximum atomic E-state index is 9.94. The first kappa shape index (κ1) is 14.0. The highest BCUT2D eigenvalue weighted by Gasteiger charge is 2.20. The summed E-state index contributed by atoms with van der Waals surface area (Å²) in [6.45, 7) is 1.22. The number of hydrogen-bond donors (Lipinski definition) is 2. The molecule has 0 aromatic heterocycles. The monoisotopic (exact) mass is 316 g/mol. The van der Waals surface area contributed by atoms with Gasteiger partial charge in [-0.25, -0.2) is 0 Å². The van der Waals surface area contributed by atoms with Crippen LogP contribution in [0.2, 0.25) is 0 Å². The summed E-state index contributed by atoms with van der Waals surface area (Å²) in [5.74, 6) is 0. The van der Waals surface area contributed by atoms with Crippen molar-refractivity contribution in [2.24, 2.45) is 0 Å². The fourth-order valence-electron chi connectivity index (χ4n) is 1.89. The number of ether oxygens (including phenoxy) is 2. The topological polar surface area (TPSA) is 58.9 Å². The maximum absolute atomic E-state index is 9.94. The van der Waals surface area contributed by atoms with Crippen molar-refractivity contribution in [2.75, 3.05) is 18.5 Å². The summed E-state index contributed by atoms with van der Waals surface area (Å²) in [5, 5.41) is 20.3. The smallest absolute Gasteiger partial charge is 0.184 e. The van der Waals surface area contributed by atoms with Crippen molar-refractivity contribution >= 4 is 15.9 Å². The van der Waals surface area contributed by atoms with Crippen LogP contribution in [0.15, 0.2) is 24.3 Å². The van der Waals surface area contributed by atoms with Gasteiger partial charge in [-0.3, -0.25) is 0 Å². The lowest BCUT2D eigenvalue weighted by atomic mass is 10.0. The van der Waals surface area contributed by atoms with Crippen molar-refractivity contribution in [1.29, 1.82) is 0 Å². The first-order valence-electron chi connectivity index (χ1n) is 5.97. The molecular formula is C13H17BrO4. The number of aliphatic hydroxyl groups is 2. The number of benzene rings is 1. The molecule has 1 aliphatic rings. The highest BCUT2D eigenvalue weighted by atomic mass is 79.9. The molecule has 0 spiro atoms. The van der Waals surface area contributed by atoms with Crippen LogP contribution in [-0.4, -0.2) is 34.9 Å². The fourth-order valence-corrected chi connectivity index (χ4v) is 2.36. The zero-order chi connectivity index (χ0) is 13.0. The Kier molecular flexibility index (Phi) is 5.14. The zero-order valence-corrected chi connectivity index (χ0v) is 11.5. The van der Waals surface area contributed by atoms with E-state index in [1.165, 1.54) is 0 Å². The van der Waals surface area contributed by atoms with E-state index >= 15 is 0 Å². The molecule has 0 amide bonds. The van der Waals surface area contributed by atoms with Gasteiger partial charge >= 0.3 is 0 Å². The molecule has 0 aliphatic carbocycles. The lowest BCUT2D eigenvalue weighted by molar-refractivity contribution is -0.0441. The first-order chi connectivity index (χ1) is 8.72. The Morgan fingerprint density at radius 2 is 1.78 bits per heavy atom. The fraction of sp³-hybridized carbons (Fsp3) is 0.538. The molecule has 4 nitrogen and oxygen atoms in total. The summed E-state index contributed by atoms with van der Waals surface area (Å²) in [4.78, 5) is 0. The van der Waals surface area contributed by atoms with E-state index in [1.54, 1.807) is 12.1 Å². The summed E-state index contributed by atoms with van der Waals surface area (Å²) in [6, 6.07) is 7.30. The molecule has 1 heterocycles. The van der Waals surface area contributed by atoms with Gasteiger partial charge < -0.3 is 19.7 Å². The Morgan fingerprint density at radius 3 is 2.33 bits per heavy atom. The van der Waals surface area contributed by atoms with E-state index in [1.807, 2.05) is 12.1 Å². The zero-order valence-electron chi connectivity index (χ0n) is 9.96. The molecule has 2 N–H and O–H groups in total. The molecule has 1 fully saturated rings. The molecule has 2 unspecified atom stereocenters. The van der Waals surface area contributed by atoms with Crippen LogP contribution in [0.3, 0.4) is 0 Å². The van der Waals surface area contributed by atoms with Gasteiger partial charge in [0, 0.05) is 10.9 Å². The van der Waals surface area contributed by atoms with E-state index in [9.17, 15) is 10.2 Å². The summed E-state index contributed by atoms with van der Waals surface area (Å²) >= 11 is 3.24. The minimum Gasteiger partial charge on any atom is -0.390 e. The second-order valence-corrected chi connectivity index (χ2v) is 5.02. The molecule has 0 bridgehead atoms. The predicted octanol–water partition coefficient (Wildman–Crippen LogP) is 1.91. The molecule has 2 rings (SSSR count). The summed E-state index contributed by atoms with van der Waals surface area (Å²) in [6.07, 6.45) is -1.41. The minimum absolute atomic E-state index is 0.302. The molecule has 1 saturated heterocycles. The van der Waals surface area contributed by atoms with Crippen molar-refractivity contribution in [3.8, 4) is 0 Å². The standard InChI is InChI=1S/C13H17BrO4/c14-6-5-11(15)12(16)9-1-3-10(4-2-9)13-17-7-8-18-13/h1-4,11-13,15-16H,5-8H2. The van der Waals surface area contributed by atoms with Crippen LogP contribution >= 0.6 is 15.9 Å². The predicted molar refractivity (Wildman–Crippen MR) is 70.5 cm³/mol. The Morgan fingerprint density at radius 1 is 1.17 bits per heavy atom. The maximum Gasteiger partial charge on any atom is 0.184 e. The molecule has 5 heteroatoms. The van der Waals surface area contributed by atoms with E-state index in [0.29, 0.717) is 30.5 Å². The van der Waals surface area contributed by atoms with Crippen LogP contribution in [0.4, 0.5) is 0 Å². The SMILES string of the molecule is OC(CCBr)C(O)c1ccc(C2OCCO2)cc1. The van der Waals surface area contributed by atoms with Gasteiger partial charge in [0.2, 0.25) is 0 Å². The van der Waals surface area contributed by atoms with Crippen LogP contribution in [0.25, 0.3) is 0 Å². The highest BCUT2D eigenvalue weighted by Crippen LogP contribution is 2.26. The number of rotatable bonds is 5. The number of aliphatic hydroxyl groups excluding tert-OH is 2. The van der Waals surface area contributed by atoms with Gasteiger partial charge in [0.1, 0.15) is 6.10 Å². The lowest BCUT2D eigenvalue weighted by Gasteiger charge is -2.18. The molecule has 1 aromatic carbocycles. The third-order valence-corrected chi connectivity index (χ3v) is 3.40. The average molecular weight is 317 g/mol. The Labute approximate surface area is 115 Å². The molecule has 1 aromatic rings. The molecule has 18 heavy (non-hydrogen) atoms. The normalized spacial score (nSPS) is 19.9. The van der Waals surface area contributed by atoms with E-state index in [-0.39, 0.29) is 6.29 Å². The number of halogens is 1. The average Bonchev–Trinajstić information content (AvgIpc) is 2.92. The van der Waals surface area contributed by atoms with Gasteiger partial charge in [0.15, 0.2) is 6.29 Å². The second kappa shape index (κ2) is 6.63. The number of alkyl halides is 1. The van der Waals surface area contributed by atoms with Crippen molar-refractivity contribution in [2.45, 2.75) is 24.9 Å². The lowest BCUT2D eigenvalue weighted by Crippen LogP contribution is -2.18. The molecule has 0 radical (unpaired) electrons. The summed E-state index contributed by atoms with van der Waals surface area (Å²) in [7, 11) is 0. The van der Waals surface area contributed by atoms with Crippen LogP contribution in [0.1, 0.15) is 29.9 Å². The summed E-state index contributed by atoms with van der Waals surface area (Å²) < 4.78 is 10.8. The largest absolute Gasteiger partial charge is 0.390 e. The molecule has 0 saturated carbocycles. The Hall–Kier alpha value is -0.460. The van der Waals surface area contributed by atoms with Gasteiger partial charge in [0.05, 0.1) is 19.3 Å². The van der Waals surface area contributed by atoms with Gasteiger partial charge in [-0.1, -0.05) is 40.2 Å². The van der Waals surface area contributed by atoms with Crippen molar-refractivity contribution in [3.05, 3.63) is 35.4 Å². The van der Waals surface area contributed by atoms with E-state index < -0.39 is 12.2 Å². The molecule has 1 aliphatic heterocycles. The highest BCUT2D eigenvalue weighted by molar-refractivity contribution is 9.09. The van der Waals surface area contributed by atoms with Crippen LogP contribution < -0.4 is 0 Å². The number of hydrogen-bond acceptors (Lipinski definition) is 4. The first-order valence-corrected chi connectivity index (χ1v) is 7.09. The third kappa shape index (κ3) is 3.30. The molecule has 100 valence electrons.